The van der Waals surface area contributed by atoms with Crippen molar-refractivity contribution >= 4 is 10.1 Å². The fourth-order valence-corrected chi connectivity index (χ4v) is 4.57. The van der Waals surface area contributed by atoms with E-state index in [0.717, 1.165) is 22.3 Å². The Morgan fingerprint density at radius 2 is 1.48 bits per heavy atom. The van der Waals surface area contributed by atoms with E-state index >= 15 is 0 Å². The average molecular weight is 470 g/mol. The molecule has 4 nitrogen and oxygen atoms in total. The molecule has 0 saturated carbocycles. The van der Waals surface area contributed by atoms with Crippen LogP contribution in [-0.4, -0.2) is 20.0 Å². The summed E-state index contributed by atoms with van der Waals surface area (Å²) in [6.07, 6.45) is 3.66. The third-order valence-electron chi connectivity index (χ3n) is 5.60. The van der Waals surface area contributed by atoms with Crippen molar-refractivity contribution < 1.29 is 30.5 Å². The maximum Gasteiger partial charge on any atom is 0.534 e. The van der Waals surface area contributed by atoms with Crippen LogP contribution >= 0.6 is 0 Å². The molecule has 8 heteroatoms. The molecule has 1 aliphatic carbocycles. The number of hydrogen-bond acceptors (Lipinski definition) is 4. The Morgan fingerprint density at radius 3 is 2.21 bits per heavy atom. The number of allylic oxidation sites excluding steroid dienone is 2. The normalized spacial score (nSPS) is 19.3. The van der Waals surface area contributed by atoms with Gasteiger partial charge in [-0.25, -0.2) is 0 Å². The number of rotatable bonds is 4. The molecule has 2 atom stereocenters. The molecule has 2 unspecified atom stereocenters. The SMILES string of the molecule is O=S(=O)(OC1=CC=CC2Oc3ccc(-c4cccc(-c5ccccc5)c4)cc3C12)C(F)(F)F. The summed E-state index contributed by atoms with van der Waals surface area (Å²) in [5, 5.41) is 0. The van der Waals surface area contributed by atoms with Crippen LogP contribution in [0.2, 0.25) is 0 Å². The minimum atomic E-state index is -5.79. The van der Waals surface area contributed by atoms with Crippen LogP contribution in [0.3, 0.4) is 0 Å². The van der Waals surface area contributed by atoms with Gasteiger partial charge in [-0.1, -0.05) is 60.7 Å². The van der Waals surface area contributed by atoms with Gasteiger partial charge in [0, 0.05) is 5.56 Å². The van der Waals surface area contributed by atoms with Crippen molar-refractivity contribution in [3.63, 3.8) is 0 Å². The number of hydrogen-bond donors (Lipinski definition) is 0. The van der Waals surface area contributed by atoms with Crippen molar-refractivity contribution in [2.75, 3.05) is 0 Å². The molecule has 0 fully saturated rings. The summed E-state index contributed by atoms with van der Waals surface area (Å²) in [5.74, 6) is -0.661. The van der Waals surface area contributed by atoms with Crippen molar-refractivity contribution in [2.45, 2.75) is 17.5 Å². The lowest BCUT2D eigenvalue weighted by molar-refractivity contribution is -0.0526. The lowest BCUT2D eigenvalue weighted by atomic mass is 9.88. The van der Waals surface area contributed by atoms with Gasteiger partial charge in [-0.15, -0.1) is 0 Å². The first kappa shape index (κ1) is 21.3. The molecule has 3 aromatic rings. The lowest BCUT2D eigenvalue weighted by Gasteiger charge is -2.22. The Bertz CT molecular complexity index is 1380. The largest absolute Gasteiger partial charge is 0.534 e. The minimum Gasteiger partial charge on any atom is -0.485 e. The molecule has 1 aliphatic heterocycles. The summed E-state index contributed by atoms with van der Waals surface area (Å²) in [5.41, 5.74) is -1.16. The van der Waals surface area contributed by atoms with E-state index in [-0.39, 0.29) is 5.76 Å². The summed E-state index contributed by atoms with van der Waals surface area (Å²) < 4.78 is 72.3. The molecule has 3 aromatic carbocycles. The van der Waals surface area contributed by atoms with Gasteiger partial charge in [-0.3, -0.25) is 0 Å². The first-order chi connectivity index (χ1) is 15.7. The van der Waals surface area contributed by atoms with Crippen LogP contribution in [-0.2, 0) is 14.3 Å². The molecular weight excluding hydrogens is 453 g/mol. The average Bonchev–Trinajstić information content (AvgIpc) is 3.17. The van der Waals surface area contributed by atoms with E-state index in [1.807, 2.05) is 60.7 Å². The Hall–Kier alpha value is -3.52. The fourth-order valence-electron chi connectivity index (χ4n) is 4.06. The second-order valence-corrected chi connectivity index (χ2v) is 9.23. The van der Waals surface area contributed by atoms with Crippen molar-refractivity contribution in [3.8, 4) is 28.0 Å². The predicted molar refractivity (Wildman–Crippen MR) is 118 cm³/mol. The topological polar surface area (TPSA) is 52.6 Å². The van der Waals surface area contributed by atoms with Gasteiger partial charge < -0.3 is 8.92 Å². The van der Waals surface area contributed by atoms with Gasteiger partial charge in [-0.2, -0.15) is 21.6 Å². The van der Waals surface area contributed by atoms with Crippen molar-refractivity contribution in [1.82, 2.24) is 0 Å². The van der Waals surface area contributed by atoms with E-state index in [0.29, 0.717) is 11.3 Å². The van der Waals surface area contributed by atoms with E-state index in [1.54, 1.807) is 18.2 Å². The van der Waals surface area contributed by atoms with Crippen LogP contribution in [0.15, 0.2) is 96.8 Å². The second kappa shape index (κ2) is 7.81. The number of halogens is 3. The zero-order valence-corrected chi connectivity index (χ0v) is 17.8. The molecule has 0 saturated heterocycles. The number of benzene rings is 3. The highest BCUT2D eigenvalue weighted by Crippen LogP contribution is 2.47. The zero-order chi connectivity index (χ0) is 23.2. The molecule has 2 aliphatic rings. The molecule has 0 spiro atoms. The van der Waals surface area contributed by atoms with Crippen LogP contribution in [0.1, 0.15) is 11.5 Å². The lowest BCUT2D eigenvalue weighted by Crippen LogP contribution is -2.29. The highest BCUT2D eigenvalue weighted by molar-refractivity contribution is 7.87. The highest BCUT2D eigenvalue weighted by atomic mass is 32.2. The minimum absolute atomic E-state index is 0.325. The van der Waals surface area contributed by atoms with Crippen LogP contribution < -0.4 is 4.74 Å². The quantitative estimate of drug-likeness (QED) is 0.337. The van der Waals surface area contributed by atoms with Crippen molar-refractivity contribution in [2.24, 2.45) is 0 Å². The van der Waals surface area contributed by atoms with Crippen molar-refractivity contribution in [3.05, 3.63) is 102 Å². The van der Waals surface area contributed by atoms with E-state index in [2.05, 4.69) is 4.18 Å². The molecule has 5 rings (SSSR count). The molecule has 0 N–H and O–H groups in total. The molecule has 0 aromatic heterocycles. The summed E-state index contributed by atoms with van der Waals surface area (Å²) in [4.78, 5) is 0. The first-order valence-electron chi connectivity index (χ1n) is 10.1. The smallest absolute Gasteiger partial charge is 0.485 e. The standard InChI is InChI=1S/C25H17F3O4S/c26-25(27,28)33(29,30)32-23-11-5-10-22-24(23)20-15-19(12-13-21(20)31-22)18-9-4-8-17(14-18)16-6-2-1-3-7-16/h1-15,22,24H. The summed E-state index contributed by atoms with van der Waals surface area (Å²) >= 11 is 0. The fraction of sp³-hybridized carbons (Fsp3) is 0.120. The summed E-state index contributed by atoms with van der Waals surface area (Å²) in [6.45, 7) is 0. The third kappa shape index (κ3) is 3.91. The van der Waals surface area contributed by atoms with E-state index < -0.39 is 27.6 Å². The van der Waals surface area contributed by atoms with E-state index in [4.69, 9.17) is 4.74 Å². The molecule has 1 heterocycles. The molecule has 0 amide bonds. The molecule has 168 valence electrons. The molecule has 33 heavy (non-hydrogen) atoms. The van der Waals surface area contributed by atoms with Crippen LogP contribution in [0.5, 0.6) is 5.75 Å². The van der Waals surface area contributed by atoms with Gasteiger partial charge in [0.25, 0.3) is 0 Å². The zero-order valence-electron chi connectivity index (χ0n) is 17.0. The van der Waals surface area contributed by atoms with Gasteiger partial charge >= 0.3 is 15.6 Å². The van der Waals surface area contributed by atoms with Crippen molar-refractivity contribution in [1.29, 1.82) is 0 Å². The van der Waals surface area contributed by atoms with Gasteiger partial charge in [0.1, 0.15) is 17.6 Å². The third-order valence-corrected chi connectivity index (χ3v) is 6.58. The first-order valence-corrected chi connectivity index (χ1v) is 11.5. The second-order valence-electron chi connectivity index (χ2n) is 7.70. The Morgan fingerprint density at radius 1 is 0.818 bits per heavy atom. The summed E-state index contributed by atoms with van der Waals surface area (Å²) in [6, 6.07) is 23.1. The van der Waals surface area contributed by atoms with E-state index in [9.17, 15) is 21.6 Å². The van der Waals surface area contributed by atoms with Gasteiger partial charge in [0.15, 0.2) is 0 Å². The predicted octanol–water partition coefficient (Wildman–Crippen LogP) is 6.19. The van der Waals surface area contributed by atoms with Gasteiger partial charge in [0.2, 0.25) is 0 Å². The molecule has 0 radical (unpaired) electrons. The number of ether oxygens (including phenoxy) is 1. The monoisotopic (exact) mass is 470 g/mol. The van der Waals surface area contributed by atoms with Crippen LogP contribution in [0, 0.1) is 0 Å². The Kier molecular flexibility index (Phi) is 5.05. The van der Waals surface area contributed by atoms with Crippen LogP contribution in [0.4, 0.5) is 13.2 Å². The number of fused-ring (bicyclic) bond motifs is 3. The van der Waals surface area contributed by atoms with Gasteiger partial charge in [-0.05, 0) is 52.6 Å². The summed E-state index contributed by atoms with van der Waals surface area (Å²) in [7, 11) is -5.79. The van der Waals surface area contributed by atoms with E-state index in [1.165, 1.54) is 12.2 Å². The maximum atomic E-state index is 12.9. The van der Waals surface area contributed by atoms with Gasteiger partial charge in [0.05, 0.1) is 5.92 Å². The number of alkyl halides is 3. The molecular formula is C25H17F3O4S. The molecule has 0 bridgehead atoms. The Balaban J connectivity index is 1.52. The Labute approximate surface area is 188 Å². The maximum absolute atomic E-state index is 12.9. The van der Waals surface area contributed by atoms with Crippen LogP contribution in [0.25, 0.3) is 22.3 Å². The highest BCUT2D eigenvalue weighted by Gasteiger charge is 2.50.